The van der Waals surface area contributed by atoms with E-state index in [-0.39, 0.29) is 0 Å². The van der Waals surface area contributed by atoms with Gasteiger partial charge in [0, 0.05) is 12.2 Å². The Hall–Kier alpha value is -1.29. The van der Waals surface area contributed by atoms with Crippen LogP contribution in [-0.2, 0) is 19.4 Å². The van der Waals surface area contributed by atoms with Crippen LogP contribution in [0.15, 0.2) is 22.7 Å². The average Bonchev–Trinajstić information content (AvgIpc) is 2.76. The Bertz CT molecular complexity index is 634. The molecule has 1 aromatic heterocycles. The number of imidazole rings is 1. The molecule has 3 nitrogen and oxygen atoms in total. The van der Waals surface area contributed by atoms with Crippen molar-refractivity contribution in [1.29, 1.82) is 0 Å². The van der Waals surface area contributed by atoms with E-state index in [0.29, 0.717) is 0 Å². The Balaban J connectivity index is 1.91. The van der Waals surface area contributed by atoms with Crippen LogP contribution in [0.1, 0.15) is 35.6 Å². The Morgan fingerprint density at radius 2 is 2.10 bits per heavy atom. The Kier molecular flexibility index (Phi) is 3.83. The third kappa shape index (κ3) is 2.49. The minimum Gasteiger partial charge on any atom is -0.496 e. The number of hydrogen-bond donors (Lipinski definition) is 0. The number of aryl methyl sites for hydroxylation is 2. The first-order chi connectivity index (χ1) is 9.69. The summed E-state index contributed by atoms with van der Waals surface area (Å²) in [7, 11) is 1.69. The molecule has 0 saturated carbocycles. The van der Waals surface area contributed by atoms with Crippen molar-refractivity contribution in [3.8, 4) is 5.75 Å². The van der Waals surface area contributed by atoms with Gasteiger partial charge in [-0.3, -0.25) is 0 Å². The maximum absolute atomic E-state index is 5.28. The lowest BCUT2D eigenvalue weighted by molar-refractivity contribution is 0.412. The van der Waals surface area contributed by atoms with Gasteiger partial charge in [0.1, 0.15) is 11.6 Å². The molecule has 4 heteroatoms. The van der Waals surface area contributed by atoms with Crippen LogP contribution < -0.4 is 4.74 Å². The maximum Gasteiger partial charge on any atom is 0.133 e. The van der Waals surface area contributed by atoms with Crippen LogP contribution in [0, 0.1) is 6.92 Å². The van der Waals surface area contributed by atoms with Gasteiger partial charge in [0.15, 0.2) is 0 Å². The number of ether oxygens (including phenoxy) is 1. The zero-order chi connectivity index (χ0) is 14.1. The number of methoxy groups -OCH3 is 1. The average molecular weight is 335 g/mol. The second-order valence-corrected chi connectivity index (χ2v) is 6.17. The van der Waals surface area contributed by atoms with Crippen molar-refractivity contribution in [1.82, 2.24) is 9.55 Å². The summed E-state index contributed by atoms with van der Waals surface area (Å²) in [6.07, 6.45) is 4.85. The number of halogens is 1. The Morgan fingerprint density at radius 1 is 1.30 bits per heavy atom. The van der Waals surface area contributed by atoms with Crippen molar-refractivity contribution < 1.29 is 4.74 Å². The molecule has 1 aromatic carbocycles. The van der Waals surface area contributed by atoms with E-state index >= 15 is 0 Å². The molecule has 1 heterocycles. The lowest BCUT2D eigenvalue weighted by Crippen LogP contribution is -2.10. The summed E-state index contributed by atoms with van der Waals surface area (Å²) >= 11 is 3.55. The third-order valence-electron chi connectivity index (χ3n) is 3.98. The minimum atomic E-state index is 0.873. The molecule has 0 amide bonds. The molecule has 1 aliphatic carbocycles. The highest BCUT2D eigenvalue weighted by molar-refractivity contribution is 9.10. The molecule has 0 bridgehead atoms. The first-order valence-corrected chi connectivity index (χ1v) is 7.85. The zero-order valence-corrected chi connectivity index (χ0v) is 13.5. The molecule has 0 unspecified atom stereocenters. The van der Waals surface area contributed by atoms with Gasteiger partial charge in [0.05, 0.1) is 17.3 Å². The Labute approximate surface area is 128 Å². The first kappa shape index (κ1) is 13.7. The number of fused-ring (bicyclic) bond motifs is 1. The van der Waals surface area contributed by atoms with E-state index in [0.717, 1.165) is 35.4 Å². The van der Waals surface area contributed by atoms with Crippen LogP contribution in [0.4, 0.5) is 0 Å². The van der Waals surface area contributed by atoms with Gasteiger partial charge >= 0.3 is 0 Å². The fraction of sp³-hybridized carbons (Fsp3) is 0.438. The summed E-state index contributed by atoms with van der Waals surface area (Å²) in [6.45, 7) is 2.99. The van der Waals surface area contributed by atoms with Crippen molar-refractivity contribution in [2.45, 2.75) is 39.2 Å². The molecule has 1 aliphatic rings. The quantitative estimate of drug-likeness (QED) is 0.851. The second kappa shape index (κ2) is 5.60. The number of rotatable bonds is 3. The molecule has 0 atom stereocenters. The third-order valence-corrected chi connectivity index (χ3v) is 4.60. The molecular weight excluding hydrogens is 316 g/mol. The fourth-order valence-electron chi connectivity index (χ4n) is 2.94. The van der Waals surface area contributed by atoms with Crippen LogP contribution in [0.5, 0.6) is 5.75 Å². The maximum atomic E-state index is 5.28. The van der Waals surface area contributed by atoms with Gasteiger partial charge in [-0.1, -0.05) is 6.07 Å². The van der Waals surface area contributed by atoms with Crippen molar-refractivity contribution in [3.05, 3.63) is 45.4 Å². The molecule has 2 aromatic rings. The van der Waals surface area contributed by atoms with Crippen molar-refractivity contribution in [2.75, 3.05) is 7.11 Å². The largest absolute Gasteiger partial charge is 0.496 e. The first-order valence-electron chi connectivity index (χ1n) is 7.06. The van der Waals surface area contributed by atoms with Crippen LogP contribution in [0.25, 0.3) is 0 Å². The summed E-state index contributed by atoms with van der Waals surface area (Å²) in [6, 6.07) is 6.27. The minimum absolute atomic E-state index is 0.873. The van der Waals surface area contributed by atoms with E-state index < -0.39 is 0 Å². The van der Waals surface area contributed by atoms with E-state index in [9.17, 15) is 0 Å². The second-order valence-electron chi connectivity index (χ2n) is 5.31. The molecule has 106 valence electrons. The Morgan fingerprint density at radius 3 is 2.85 bits per heavy atom. The van der Waals surface area contributed by atoms with Gasteiger partial charge in [-0.25, -0.2) is 4.98 Å². The summed E-state index contributed by atoms with van der Waals surface area (Å²) in [5.74, 6) is 2.00. The van der Waals surface area contributed by atoms with Gasteiger partial charge in [-0.05, 0) is 66.2 Å². The highest BCUT2D eigenvalue weighted by Crippen LogP contribution is 2.27. The van der Waals surface area contributed by atoms with Gasteiger partial charge in [0.25, 0.3) is 0 Å². The predicted molar refractivity (Wildman–Crippen MR) is 83.4 cm³/mol. The topological polar surface area (TPSA) is 27.1 Å². The van der Waals surface area contributed by atoms with Gasteiger partial charge < -0.3 is 9.30 Å². The SMILES string of the molecule is COc1ccc(Cn2c(C)nc3c2CCCC3)cc1Br. The number of benzene rings is 1. The lowest BCUT2D eigenvalue weighted by Gasteiger charge is -2.15. The van der Waals surface area contributed by atoms with Crippen LogP contribution in [-0.4, -0.2) is 16.7 Å². The summed E-state index contributed by atoms with van der Waals surface area (Å²) < 4.78 is 8.65. The summed E-state index contributed by atoms with van der Waals surface area (Å²) in [5, 5.41) is 0. The normalized spacial score (nSPS) is 14.2. The van der Waals surface area contributed by atoms with E-state index in [1.54, 1.807) is 7.11 Å². The van der Waals surface area contributed by atoms with Gasteiger partial charge in [0.2, 0.25) is 0 Å². The fourth-order valence-corrected chi connectivity index (χ4v) is 3.52. The van der Waals surface area contributed by atoms with Gasteiger partial charge in [-0.2, -0.15) is 0 Å². The highest BCUT2D eigenvalue weighted by Gasteiger charge is 2.18. The van der Waals surface area contributed by atoms with Crippen LogP contribution in [0.2, 0.25) is 0 Å². The molecule has 0 aliphatic heterocycles. The van der Waals surface area contributed by atoms with Gasteiger partial charge in [-0.15, -0.1) is 0 Å². The molecule has 20 heavy (non-hydrogen) atoms. The molecule has 0 spiro atoms. The van der Waals surface area contributed by atoms with E-state index in [1.807, 2.05) is 6.07 Å². The van der Waals surface area contributed by atoms with Crippen molar-refractivity contribution >= 4 is 15.9 Å². The number of aromatic nitrogens is 2. The smallest absolute Gasteiger partial charge is 0.133 e. The van der Waals surface area contributed by atoms with E-state index in [2.05, 4.69) is 39.6 Å². The summed E-state index contributed by atoms with van der Waals surface area (Å²) in [5.41, 5.74) is 4.01. The zero-order valence-electron chi connectivity index (χ0n) is 11.9. The van der Waals surface area contributed by atoms with Crippen LogP contribution in [0.3, 0.4) is 0 Å². The molecule has 0 radical (unpaired) electrons. The summed E-state index contributed by atoms with van der Waals surface area (Å²) in [4.78, 5) is 4.73. The van der Waals surface area contributed by atoms with Crippen molar-refractivity contribution in [3.63, 3.8) is 0 Å². The van der Waals surface area contributed by atoms with E-state index in [1.165, 1.54) is 29.8 Å². The lowest BCUT2D eigenvalue weighted by atomic mass is 10.0. The monoisotopic (exact) mass is 334 g/mol. The number of hydrogen-bond acceptors (Lipinski definition) is 2. The molecule has 0 saturated heterocycles. The predicted octanol–water partition coefficient (Wildman–Crippen LogP) is 3.89. The molecule has 0 fully saturated rings. The molecule has 0 N–H and O–H groups in total. The van der Waals surface area contributed by atoms with Crippen LogP contribution >= 0.6 is 15.9 Å². The molecular formula is C16H19BrN2O. The number of nitrogens with zero attached hydrogens (tertiary/aromatic N) is 2. The van der Waals surface area contributed by atoms with E-state index in [4.69, 9.17) is 9.72 Å². The standard InChI is InChI=1S/C16H19BrN2O/c1-11-18-14-5-3-4-6-15(14)19(11)10-12-7-8-16(20-2)13(17)9-12/h7-9H,3-6,10H2,1-2H3. The highest BCUT2D eigenvalue weighted by atomic mass is 79.9. The van der Waals surface area contributed by atoms with Crippen molar-refractivity contribution in [2.24, 2.45) is 0 Å². The molecule has 3 rings (SSSR count).